The Labute approximate surface area is 118 Å². The van der Waals surface area contributed by atoms with Crippen molar-refractivity contribution in [3.8, 4) is 0 Å². The van der Waals surface area contributed by atoms with Gasteiger partial charge in [-0.25, -0.2) is 4.98 Å². The lowest BCUT2D eigenvalue weighted by atomic mass is 10.2. The molecule has 1 atom stereocenters. The molecular formula is C13H20ClN3S. The number of hydrogen-bond donors (Lipinski definition) is 1. The van der Waals surface area contributed by atoms with Gasteiger partial charge >= 0.3 is 0 Å². The summed E-state index contributed by atoms with van der Waals surface area (Å²) < 4.78 is 0. The topological polar surface area (TPSA) is 28.2 Å². The molecule has 1 aromatic heterocycles. The Balaban J connectivity index is 2.09. The molecule has 0 radical (unpaired) electrons. The van der Waals surface area contributed by atoms with E-state index in [0.717, 1.165) is 36.2 Å². The molecule has 0 saturated carbocycles. The first-order chi connectivity index (χ1) is 8.70. The molecule has 0 amide bonds. The highest BCUT2D eigenvalue weighted by Crippen LogP contribution is 2.22. The maximum Gasteiger partial charge on any atom is 0.126 e. The summed E-state index contributed by atoms with van der Waals surface area (Å²) in [6, 6.07) is 4.47. The van der Waals surface area contributed by atoms with Gasteiger partial charge in [-0.1, -0.05) is 11.6 Å². The van der Waals surface area contributed by atoms with Crippen molar-refractivity contribution in [1.82, 2.24) is 9.88 Å². The fraction of sp³-hybridized carbons (Fsp3) is 0.615. The summed E-state index contributed by atoms with van der Waals surface area (Å²) in [5.41, 5.74) is 0.980. The van der Waals surface area contributed by atoms with Crippen molar-refractivity contribution < 1.29 is 0 Å². The monoisotopic (exact) mass is 285 g/mol. The molecule has 1 fully saturated rings. The molecular weight excluding hydrogens is 266 g/mol. The minimum atomic E-state index is 0.601. The Hall–Kier alpha value is -0.450. The third-order valence-corrected chi connectivity index (χ3v) is 4.67. The predicted molar refractivity (Wildman–Crippen MR) is 80.6 cm³/mol. The van der Waals surface area contributed by atoms with E-state index >= 15 is 0 Å². The highest BCUT2D eigenvalue weighted by molar-refractivity contribution is 7.99. The fourth-order valence-corrected chi connectivity index (χ4v) is 3.31. The molecule has 1 aliphatic rings. The fourth-order valence-electron chi connectivity index (χ4n) is 2.06. The van der Waals surface area contributed by atoms with E-state index in [-0.39, 0.29) is 0 Å². The molecule has 1 aliphatic heterocycles. The minimum absolute atomic E-state index is 0.601. The maximum absolute atomic E-state index is 6.24. The van der Waals surface area contributed by atoms with Crippen molar-refractivity contribution in [3.05, 3.63) is 22.8 Å². The zero-order valence-electron chi connectivity index (χ0n) is 10.9. The van der Waals surface area contributed by atoms with Crippen LogP contribution in [0.4, 0.5) is 5.82 Å². The Bertz CT molecular complexity index is 400. The summed E-state index contributed by atoms with van der Waals surface area (Å²) >= 11 is 8.27. The van der Waals surface area contributed by atoms with Crippen molar-refractivity contribution in [2.45, 2.75) is 26.4 Å². The van der Waals surface area contributed by atoms with Gasteiger partial charge in [-0.15, -0.1) is 0 Å². The molecule has 0 aliphatic carbocycles. The molecule has 1 aromatic rings. The van der Waals surface area contributed by atoms with Crippen LogP contribution in [0.25, 0.3) is 0 Å². The summed E-state index contributed by atoms with van der Waals surface area (Å²) in [6.07, 6.45) is 0. The summed E-state index contributed by atoms with van der Waals surface area (Å²) in [4.78, 5) is 7.06. The number of thioether (sulfide) groups is 1. The minimum Gasteiger partial charge on any atom is -0.370 e. The lowest BCUT2D eigenvalue weighted by molar-refractivity contribution is 0.221. The third-order valence-electron chi connectivity index (χ3n) is 3.13. The molecule has 0 spiro atoms. The van der Waals surface area contributed by atoms with Crippen LogP contribution in [0, 0.1) is 0 Å². The van der Waals surface area contributed by atoms with Crippen LogP contribution in [0.5, 0.6) is 0 Å². The number of rotatable bonds is 4. The van der Waals surface area contributed by atoms with Gasteiger partial charge in [-0.05, 0) is 26.0 Å². The summed E-state index contributed by atoms with van der Waals surface area (Å²) in [5.74, 6) is 3.32. The second-order valence-corrected chi connectivity index (χ2v) is 6.11. The van der Waals surface area contributed by atoms with E-state index in [9.17, 15) is 0 Å². The van der Waals surface area contributed by atoms with Crippen LogP contribution in [0.15, 0.2) is 12.1 Å². The van der Waals surface area contributed by atoms with Gasteiger partial charge in [-0.2, -0.15) is 11.8 Å². The van der Waals surface area contributed by atoms with E-state index in [4.69, 9.17) is 11.6 Å². The number of aromatic nitrogens is 1. The Morgan fingerprint density at radius 1 is 1.56 bits per heavy atom. The average Bonchev–Trinajstić information content (AvgIpc) is 2.36. The average molecular weight is 286 g/mol. The highest BCUT2D eigenvalue weighted by atomic mass is 35.5. The standard InChI is InChI=1S/C13H20ClN3S/c1-3-15-13-5-4-11(14)12(16-13)8-17-6-7-18-9-10(17)2/h4-5,10H,3,6-9H2,1-2H3,(H,15,16). The number of nitrogens with one attached hydrogen (secondary N) is 1. The number of halogens is 1. The first-order valence-corrected chi connectivity index (χ1v) is 7.95. The van der Waals surface area contributed by atoms with Gasteiger partial charge in [0.1, 0.15) is 5.82 Å². The van der Waals surface area contributed by atoms with Crippen molar-refractivity contribution >= 4 is 29.2 Å². The van der Waals surface area contributed by atoms with E-state index in [1.54, 1.807) is 0 Å². The van der Waals surface area contributed by atoms with E-state index < -0.39 is 0 Å². The number of anilines is 1. The van der Waals surface area contributed by atoms with Gasteiger partial charge in [0, 0.05) is 37.2 Å². The highest BCUT2D eigenvalue weighted by Gasteiger charge is 2.20. The number of nitrogens with zero attached hydrogens (tertiary/aromatic N) is 2. The molecule has 2 rings (SSSR count). The molecule has 1 unspecified atom stereocenters. The Kier molecular flexibility index (Phi) is 5.15. The van der Waals surface area contributed by atoms with Crippen LogP contribution < -0.4 is 5.32 Å². The normalized spacial score (nSPS) is 20.9. The lowest BCUT2D eigenvalue weighted by Gasteiger charge is -2.32. The summed E-state index contributed by atoms with van der Waals surface area (Å²) in [5, 5.41) is 4.00. The molecule has 5 heteroatoms. The summed E-state index contributed by atoms with van der Waals surface area (Å²) in [7, 11) is 0. The quantitative estimate of drug-likeness (QED) is 0.920. The van der Waals surface area contributed by atoms with Crippen molar-refractivity contribution in [1.29, 1.82) is 0 Å². The molecule has 2 heterocycles. The van der Waals surface area contributed by atoms with Crippen molar-refractivity contribution in [2.75, 3.05) is 29.9 Å². The number of pyridine rings is 1. The van der Waals surface area contributed by atoms with Gasteiger partial charge in [-0.3, -0.25) is 4.90 Å². The van der Waals surface area contributed by atoms with E-state index in [2.05, 4.69) is 29.0 Å². The van der Waals surface area contributed by atoms with Crippen LogP contribution >= 0.6 is 23.4 Å². The van der Waals surface area contributed by atoms with Crippen LogP contribution in [-0.2, 0) is 6.54 Å². The first kappa shape index (κ1) is 14.0. The van der Waals surface area contributed by atoms with Crippen molar-refractivity contribution in [2.24, 2.45) is 0 Å². The maximum atomic E-state index is 6.24. The van der Waals surface area contributed by atoms with Gasteiger partial charge in [0.15, 0.2) is 0 Å². The smallest absolute Gasteiger partial charge is 0.126 e. The molecule has 1 N–H and O–H groups in total. The van der Waals surface area contributed by atoms with E-state index in [0.29, 0.717) is 6.04 Å². The molecule has 3 nitrogen and oxygen atoms in total. The van der Waals surface area contributed by atoms with Crippen LogP contribution in [0.3, 0.4) is 0 Å². The van der Waals surface area contributed by atoms with Gasteiger partial charge in [0.2, 0.25) is 0 Å². The van der Waals surface area contributed by atoms with Gasteiger partial charge in [0.05, 0.1) is 10.7 Å². The molecule has 1 saturated heterocycles. The second-order valence-electron chi connectivity index (χ2n) is 4.55. The first-order valence-electron chi connectivity index (χ1n) is 6.41. The zero-order valence-corrected chi connectivity index (χ0v) is 12.5. The molecule has 0 aromatic carbocycles. The van der Waals surface area contributed by atoms with Crippen molar-refractivity contribution in [3.63, 3.8) is 0 Å². The largest absolute Gasteiger partial charge is 0.370 e. The SMILES string of the molecule is CCNc1ccc(Cl)c(CN2CCSCC2C)n1. The lowest BCUT2D eigenvalue weighted by Crippen LogP contribution is -2.39. The predicted octanol–water partition coefficient (Wildman–Crippen LogP) is 3.10. The van der Waals surface area contributed by atoms with E-state index in [1.807, 2.05) is 23.9 Å². The Morgan fingerprint density at radius 2 is 2.39 bits per heavy atom. The third kappa shape index (κ3) is 3.53. The second kappa shape index (κ2) is 6.64. The molecule has 100 valence electrons. The molecule has 0 bridgehead atoms. The Morgan fingerprint density at radius 3 is 3.11 bits per heavy atom. The van der Waals surface area contributed by atoms with E-state index in [1.165, 1.54) is 11.5 Å². The van der Waals surface area contributed by atoms with Crippen LogP contribution in [0.1, 0.15) is 19.5 Å². The van der Waals surface area contributed by atoms with Crippen LogP contribution in [-0.4, -0.2) is 40.5 Å². The zero-order chi connectivity index (χ0) is 13.0. The molecule has 18 heavy (non-hydrogen) atoms. The van der Waals surface area contributed by atoms with Gasteiger partial charge < -0.3 is 5.32 Å². The van der Waals surface area contributed by atoms with Gasteiger partial charge in [0.25, 0.3) is 0 Å². The number of hydrogen-bond acceptors (Lipinski definition) is 4. The van der Waals surface area contributed by atoms with Crippen LogP contribution in [0.2, 0.25) is 5.02 Å². The summed E-state index contributed by atoms with van der Waals surface area (Å²) in [6.45, 7) is 7.19.